The molecule has 1 fully saturated rings. The van der Waals surface area contributed by atoms with Crippen molar-refractivity contribution in [1.82, 2.24) is 5.32 Å². The minimum Gasteiger partial charge on any atom is -0.366 e. The second kappa shape index (κ2) is 4.97. The first-order valence-electron chi connectivity index (χ1n) is 5.73. The Hall–Kier alpha value is -0.940. The van der Waals surface area contributed by atoms with E-state index in [1.165, 1.54) is 0 Å². The first kappa shape index (κ1) is 13.5. The van der Waals surface area contributed by atoms with Gasteiger partial charge in [0.15, 0.2) is 0 Å². The molecule has 1 aromatic carbocycles. The zero-order valence-corrected chi connectivity index (χ0v) is 10.6. The van der Waals surface area contributed by atoms with Crippen LogP contribution in [0, 0.1) is 0 Å². The molecule has 2 nitrogen and oxygen atoms in total. The molecule has 0 saturated carbocycles. The molecule has 1 saturated heterocycles. The van der Waals surface area contributed by atoms with Gasteiger partial charge in [-0.25, -0.2) is 0 Å². The average molecular weight is 279 g/mol. The third-order valence-corrected chi connectivity index (χ3v) is 3.26. The standard InChI is InChI=1S/C12H14ClF3N2/c1-8-7-17-2-3-18(8)11-5-9(12(14,15)16)4-10(13)6-11/h4-6,8,17H,2-3,7H2,1H3. The molecule has 0 bridgehead atoms. The number of alkyl halides is 3. The lowest BCUT2D eigenvalue weighted by molar-refractivity contribution is -0.137. The van der Waals surface area contributed by atoms with E-state index >= 15 is 0 Å². The Morgan fingerprint density at radius 3 is 2.67 bits per heavy atom. The van der Waals surface area contributed by atoms with Crippen LogP contribution in [-0.2, 0) is 6.18 Å². The number of halogens is 4. The summed E-state index contributed by atoms with van der Waals surface area (Å²) in [5, 5.41) is 3.31. The molecule has 18 heavy (non-hydrogen) atoms. The van der Waals surface area contributed by atoms with E-state index in [9.17, 15) is 13.2 Å². The second-order valence-corrected chi connectivity index (χ2v) is 4.88. The van der Waals surface area contributed by atoms with E-state index in [0.717, 1.165) is 25.2 Å². The minimum atomic E-state index is -4.36. The lowest BCUT2D eigenvalue weighted by atomic mass is 10.1. The van der Waals surface area contributed by atoms with E-state index in [1.54, 1.807) is 6.07 Å². The van der Waals surface area contributed by atoms with Gasteiger partial charge in [0.2, 0.25) is 0 Å². The molecule has 6 heteroatoms. The van der Waals surface area contributed by atoms with Gasteiger partial charge in [-0.1, -0.05) is 11.6 Å². The van der Waals surface area contributed by atoms with Crippen LogP contribution in [0.4, 0.5) is 18.9 Å². The molecule has 2 rings (SSSR count). The molecule has 0 radical (unpaired) electrons. The molecule has 1 aliphatic rings. The van der Waals surface area contributed by atoms with Crippen LogP contribution in [0.3, 0.4) is 0 Å². The number of nitrogens with one attached hydrogen (secondary N) is 1. The van der Waals surface area contributed by atoms with E-state index in [2.05, 4.69) is 5.32 Å². The van der Waals surface area contributed by atoms with Crippen molar-refractivity contribution in [2.75, 3.05) is 24.5 Å². The van der Waals surface area contributed by atoms with Gasteiger partial charge in [0, 0.05) is 36.4 Å². The molecule has 0 aromatic heterocycles. The molecule has 100 valence electrons. The van der Waals surface area contributed by atoms with Gasteiger partial charge in [-0.05, 0) is 25.1 Å². The number of hydrogen-bond donors (Lipinski definition) is 1. The number of piperazine rings is 1. The van der Waals surface area contributed by atoms with E-state index in [4.69, 9.17) is 11.6 Å². The van der Waals surface area contributed by atoms with E-state index in [1.807, 2.05) is 11.8 Å². The van der Waals surface area contributed by atoms with E-state index < -0.39 is 11.7 Å². The van der Waals surface area contributed by atoms with Crippen molar-refractivity contribution in [3.05, 3.63) is 28.8 Å². The molecule has 1 unspecified atom stereocenters. The topological polar surface area (TPSA) is 15.3 Å². The highest BCUT2D eigenvalue weighted by Crippen LogP contribution is 2.34. The molecular weight excluding hydrogens is 265 g/mol. The number of hydrogen-bond acceptors (Lipinski definition) is 2. The van der Waals surface area contributed by atoms with Crippen LogP contribution in [0.1, 0.15) is 12.5 Å². The first-order valence-corrected chi connectivity index (χ1v) is 6.11. The Morgan fingerprint density at radius 2 is 2.06 bits per heavy atom. The molecule has 1 atom stereocenters. The number of benzene rings is 1. The third kappa shape index (κ3) is 2.90. The monoisotopic (exact) mass is 278 g/mol. The predicted octanol–water partition coefficient (Wildman–Crippen LogP) is 3.16. The predicted molar refractivity (Wildman–Crippen MR) is 66.1 cm³/mol. The van der Waals surface area contributed by atoms with Crippen LogP contribution in [0.15, 0.2) is 18.2 Å². The van der Waals surface area contributed by atoms with Gasteiger partial charge in [-0.2, -0.15) is 13.2 Å². The highest BCUT2D eigenvalue weighted by molar-refractivity contribution is 6.31. The van der Waals surface area contributed by atoms with Crippen LogP contribution in [-0.4, -0.2) is 25.7 Å². The fourth-order valence-electron chi connectivity index (χ4n) is 2.13. The molecule has 1 aromatic rings. The molecule has 1 aliphatic heterocycles. The number of rotatable bonds is 1. The van der Waals surface area contributed by atoms with E-state index in [0.29, 0.717) is 12.2 Å². The molecule has 0 aliphatic carbocycles. The number of anilines is 1. The second-order valence-electron chi connectivity index (χ2n) is 4.44. The Bertz CT molecular complexity index is 434. The van der Waals surface area contributed by atoms with Gasteiger partial charge in [-0.15, -0.1) is 0 Å². The van der Waals surface area contributed by atoms with Crippen molar-refractivity contribution in [3.63, 3.8) is 0 Å². The van der Waals surface area contributed by atoms with Crippen molar-refractivity contribution >= 4 is 17.3 Å². The molecular formula is C12H14ClF3N2. The van der Waals surface area contributed by atoms with Crippen molar-refractivity contribution in [2.45, 2.75) is 19.1 Å². The fourth-order valence-corrected chi connectivity index (χ4v) is 2.36. The first-order chi connectivity index (χ1) is 8.38. The Morgan fingerprint density at radius 1 is 1.33 bits per heavy atom. The summed E-state index contributed by atoms with van der Waals surface area (Å²) >= 11 is 5.78. The van der Waals surface area contributed by atoms with Gasteiger partial charge in [0.25, 0.3) is 0 Å². The smallest absolute Gasteiger partial charge is 0.366 e. The van der Waals surface area contributed by atoms with Gasteiger partial charge in [0.05, 0.1) is 5.56 Å². The van der Waals surface area contributed by atoms with Crippen LogP contribution in [0.5, 0.6) is 0 Å². The van der Waals surface area contributed by atoms with Crippen LogP contribution in [0.2, 0.25) is 5.02 Å². The summed E-state index contributed by atoms with van der Waals surface area (Å²) in [6, 6.07) is 3.85. The minimum absolute atomic E-state index is 0.116. The molecule has 1 N–H and O–H groups in total. The Labute approximate surface area is 109 Å². The zero-order valence-electron chi connectivity index (χ0n) is 9.89. The molecule has 0 amide bonds. The highest BCUT2D eigenvalue weighted by atomic mass is 35.5. The van der Waals surface area contributed by atoms with Crippen LogP contribution < -0.4 is 10.2 Å². The van der Waals surface area contributed by atoms with Crippen molar-refractivity contribution < 1.29 is 13.2 Å². The van der Waals surface area contributed by atoms with Crippen molar-refractivity contribution in [1.29, 1.82) is 0 Å². The fraction of sp³-hybridized carbons (Fsp3) is 0.500. The summed E-state index contributed by atoms with van der Waals surface area (Å²) in [7, 11) is 0. The zero-order chi connectivity index (χ0) is 13.3. The summed E-state index contributed by atoms with van der Waals surface area (Å²) < 4.78 is 38.2. The Kier molecular flexibility index (Phi) is 3.73. The lowest BCUT2D eigenvalue weighted by Crippen LogP contribution is -2.50. The number of nitrogens with zero attached hydrogens (tertiary/aromatic N) is 1. The SMILES string of the molecule is CC1CNCCN1c1cc(Cl)cc(C(F)(F)F)c1. The highest BCUT2D eigenvalue weighted by Gasteiger charge is 2.32. The maximum absolute atomic E-state index is 12.7. The van der Waals surface area contributed by atoms with Crippen molar-refractivity contribution in [2.24, 2.45) is 0 Å². The Balaban J connectivity index is 2.35. The van der Waals surface area contributed by atoms with Gasteiger partial charge in [0.1, 0.15) is 0 Å². The molecule has 0 spiro atoms. The quantitative estimate of drug-likeness (QED) is 0.849. The maximum atomic E-state index is 12.7. The van der Waals surface area contributed by atoms with Crippen LogP contribution in [0.25, 0.3) is 0 Å². The summed E-state index contributed by atoms with van der Waals surface area (Å²) in [6.07, 6.45) is -4.36. The summed E-state index contributed by atoms with van der Waals surface area (Å²) in [6.45, 7) is 4.17. The van der Waals surface area contributed by atoms with Gasteiger partial charge in [-0.3, -0.25) is 0 Å². The van der Waals surface area contributed by atoms with Gasteiger partial charge < -0.3 is 10.2 Å². The lowest BCUT2D eigenvalue weighted by Gasteiger charge is -2.36. The summed E-state index contributed by atoms with van der Waals surface area (Å²) in [4.78, 5) is 1.94. The average Bonchev–Trinajstić information content (AvgIpc) is 2.27. The van der Waals surface area contributed by atoms with Gasteiger partial charge >= 0.3 is 6.18 Å². The summed E-state index contributed by atoms with van der Waals surface area (Å²) in [5.74, 6) is 0. The molecule has 1 heterocycles. The maximum Gasteiger partial charge on any atom is 0.416 e. The van der Waals surface area contributed by atoms with E-state index in [-0.39, 0.29) is 11.1 Å². The van der Waals surface area contributed by atoms with Crippen LogP contribution >= 0.6 is 11.6 Å². The largest absolute Gasteiger partial charge is 0.416 e. The summed E-state index contributed by atoms with van der Waals surface area (Å²) in [5.41, 5.74) is -0.167. The normalized spacial score (nSPS) is 21.2. The third-order valence-electron chi connectivity index (χ3n) is 3.04. The van der Waals surface area contributed by atoms with Crippen molar-refractivity contribution in [3.8, 4) is 0 Å².